The summed E-state index contributed by atoms with van der Waals surface area (Å²) in [6.45, 7) is 2.91. The van der Waals surface area contributed by atoms with Gasteiger partial charge < -0.3 is 9.30 Å². The number of carbonyl (C=O) groups excluding carboxylic acids is 1. The first kappa shape index (κ1) is 20.4. The Morgan fingerprint density at radius 2 is 1.77 bits per heavy atom. The molecule has 0 spiro atoms. The molecule has 0 aliphatic rings. The Kier molecular flexibility index (Phi) is 6.13. The SMILES string of the molecule is COc1ccc(CC(=O)N/N=C\c2cn(Cc3ccccc3C)c3ccccc23)cc1. The normalized spacial score (nSPS) is 11.2. The Morgan fingerprint density at radius 1 is 1.03 bits per heavy atom. The molecule has 4 rings (SSSR count). The van der Waals surface area contributed by atoms with Crippen LogP contribution in [-0.4, -0.2) is 23.8 Å². The molecule has 1 N–H and O–H groups in total. The van der Waals surface area contributed by atoms with E-state index in [1.54, 1.807) is 13.3 Å². The van der Waals surface area contributed by atoms with Gasteiger partial charge in [0.15, 0.2) is 0 Å². The van der Waals surface area contributed by atoms with Gasteiger partial charge >= 0.3 is 0 Å². The fourth-order valence-electron chi connectivity index (χ4n) is 3.62. The zero-order valence-electron chi connectivity index (χ0n) is 17.7. The number of hydrazone groups is 1. The second-order valence-electron chi connectivity index (χ2n) is 7.47. The lowest BCUT2D eigenvalue weighted by atomic mass is 10.1. The van der Waals surface area contributed by atoms with Crippen molar-refractivity contribution in [1.82, 2.24) is 9.99 Å². The quantitative estimate of drug-likeness (QED) is 0.354. The van der Waals surface area contributed by atoms with Crippen molar-refractivity contribution in [3.63, 3.8) is 0 Å². The lowest BCUT2D eigenvalue weighted by molar-refractivity contribution is -0.120. The molecule has 0 radical (unpaired) electrons. The van der Waals surface area contributed by atoms with Gasteiger partial charge in [-0.1, -0.05) is 54.6 Å². The first-order valence-electron chi connectivity index (χ1n) is 10.2. The first-order valence-corrected chi connectivity index (χ1v) is 10.2. The Balaban J connectivity index is 1.48. The van der Waals surface area contributed by atoms with E-state index in [0.29, 0.717) is 0 Å². The molecule has 31 heavy (non-hydrogen) atoms. The molecule has 0 unspecified atom stereocenters. The largest absolute Gasteiger partial charge is 0.497 e. The third-order valence-electron chi connectivity index (χ3n) is 5.34. The summed E-state index contributed by atoms with van der Waals surface area (Å²) in [6, 6.07) is 24.1. The molecule has 1 heterocycles. The average Bonchev–Trinajstić information content (AvgIpc) is 3.13. The summed E-state index contributed by atoms with van der Waals surface area (Å²) in [5.41, 5.74) is 8.18. The number of aryl methyl sites for hydroxylation is 1. The van der Waals surface area contributed by atoms with E-state index in [0.717, 1.165) is 34.3 Å². The maximum atomic E-state index is 12.2. The molecule has 0 saturated carbocycles. The van der Waals surface area contributed by atoms with Crippen LogP contribution in [0.4, 0.5) is 0 Å². The van der Waals surface area contributed by atoms with Gasteiger partial charge in [-0.2, -0.15) is 5.10 Å². The standard InChI is InChI=1S/C26H25N3O2/c1-19-7-3-4-8-21(19)17-29-18-22(24-9-5-6-10-25(24)29)16-27-28-26(30)15-20-11-13-23(31-2)14-12-20/h3-14,16,18H,15,17H2,1-2H3,(H,28,30)/b27-16-. The molecule has 1 aromatic heterocycles. The molecule has 4 aromatic rings. The minimum Gasteiger partial charge on any atom is -0.497 e. The molecule has 1 amide bonds. The molecule has 5 nitrogen and oxygen atoms in total. The summed E-state index contributed by atoms with van der Waals surface area (Å²) in [4.78, 5) is 12.2. The highest BCUT2D eigenvalue weighted by molar-refractivity contribution is 5.99. The van der Waals surface area contributed by atoms with E-state index >= 15 is 0 Å². The number of amides is 1. The Hall–Kier alpha value is -3.86. The van der Waals surface area contributed by atoms with Crippen LogP contribution in [0.1, 0.15) is 22.3 Å². The third kappa shape index (κ3) is 4.83. The molecule has 156 valence electrons. The molecule has 0 aliphatic heterocycles. The molecule has 3 aromatic carbocycles. The van der Waals surface area contributed by atoms with Crippen molar-refractivity contribution in [3.05, 3.63) is 101 Å². The van der Waals surface area contributed by atoms with E-state index < -0.39 is 0 Å². The zero-order valence-corrected chi connectivity index (χ0v) is 17.7. The van der Waals surface area contributed by atoms with Crippen molar-refractivity contribution in [3.8, 4) is 5.75 Å². The van der Waals surface area contributed by atoms with E-state index in [9.17, 15) is 4.79 Å². The number of rotatable bonds is 7. The summed E-state index contributed by atoms with van der Waals surface area (Å²) in [6.07, 6.45) is 4.05. The molecule has 5 heteroatoms. The van der Waals surface area contributed by atoms with E-state index in [1.165, 1.54) is 11.1 Å². The van der Waals surface area contributed by atoms with E-state index in [1.807, 2.05) is 36.4 Å². The van der Waals surface area contributed by atoms with E-state index in [4.69, 9.17) is 4.74 Å². The van der Waals surface area contributed by atoms with Gasteiger partial charge in [-0.25, -0.2) is 5.43 Å². The van der Waals surface area contributed by atoms with Gasteiger partial charge in [0.1, 0.15) is 5.75 Å². The van der Waals surface area contributed by atoms with E-state index in [2.05, 4.69) is 64.6 Å². The fourth-order valence-corrected chi connectivity index (χ4v) is 3.62. The number of fused-ring (bicyclic) bond motifs is 1. The topological polar surface area (TPSA) is 55.6 Å². The number of benzene rings is 3. The second-order valence-corrected chi connectivity index (χ2v) is 7.47. The fraction of sp³-hybridized carbons (Fsp3) is 0.154. The van der Waals surface area contributed by atoms with Gasteiger partial charge in [-0.05, 0) is 41.8 Å². The van der Waals surface area contributed by atoms with Crippen LogP contribution in [-0.2, 0) is 17.8 Å². The van der Waals surface area contributed by atoms with Crippen molar-refractivity contribution in [2.75, 3.05) is 7.11 Å². The Morgan fingerprint density at radius 3 is 2.55 bits per heavy atom. The van der Waals surface area contributed by atoms with Crippen LogP contribution in [0, 0.1) is 6.92 Å². The summed E-state index contributed by atoms with van der Waals surface area (Å²) in [7, 11) is 1.62. The van der Waals surface area contributed by atoms with Crippen LogP contribution in [0.2, 0.25) is 0 Å². The summed E-state index contributed by atoms with van der Waals surface area (Å²) >= 11 is 0. The number of methoxy groups -OCH3 is 1. The predicted octanol–water partition coefficient (Wildman–Crippen LogP) is 4.70. The number of nitrogens with one attached hydrogen (secondary N) is 1. The molecule has 0 atom stereocenters. The zero-order chi connectivity index (χ0) is 21.6. The molecular weight excluding hydrogens is 386 g/mol. The molecule has 0 saturated heterocycles. The van der Waals surface area contributed by atoms with E-state index in [-0.39, 0.29) is 12.3 Å². The van der Waals surface area contributed by atoms with Crippen molar-refractivity contribution in [2.24, 2.45) is 5.10 Å². The predicted molar refractivity (Wildman–Crippen MR) is 125 cm³/mol. The van der Waals surface area contributed by atoms with Gasteiger partial charge in [0.25, 0.3) is 0 Å². The molecule has 0 aliphatic carbocycles. The minimum atomic E-state index is -0.162. The first-order chi connectivity index (χ1) is 15.1. The van der Waals surface area contributed by atoms with Crippen LogP contribution in [0.25, 0.3) is 10.9 Å². The van der Waals surface area contributed by atoms with Crippen LogP contribution >= 0.6 is 0 Å². The van der Waals surface area contributed by atoms with Gasteiger partial charge in [-0.3, -0.25) is 4.79 Å². The van der Waals surface area contributed by atoms with Gasteiger partial charge in [-0.15, -0.1) is 0 Å². The molecule has 0 fully saturated rings. The monoisotopic (exact) mass is 411 g/mol. The second kappa shape index (κ2) is 9.30. The number of carbonyl (C=O) groups is 1. The number of aromatic nitrogens is 1. The average molecular weight is 412 g/mol. The number of hydrogen-bond acceptors (Lipinski definition) is 3. The summed E-state index contributed by atoms with van der Waals surface area (Å²) in [5.74, 6) is 0.606. The smallest absolute Gasteiger partial charge is 0.244 e. The highest BCUT2D eigenvalue weighted by atomic mass is 16.5. The minimum absolute atomic E-state index is 0.162. The van der Waals surface area contributed by atoms with Crippen molar-refractivity contribution < 1.29 is 9.53 Å². The number of para-hydroxylation sites is 1. The number of nitrogens with zero attached hydrogens (tertiary/aromatic N) is 2. The number of hydrogen-bond donors (Lipinski definition) is 1. The molecular formula is C26H25N3O2. The van der Waals surface area contributed by atoms with Crippen molar-refractivity contribution in [1.29, 1.82) is 0 Å². The third-order valence-corrected chi connectivity index (χ3v) is 5.34. The number of ether oxygens (including phenoxy) is 1. The Labute approximate surface area is 182 Å². The highest BCUT2D eigenvalue weighted by Crippen LogP contribution is 2.22. The highest BCUT2D eigenvalue weighted by Gasteiger charge is 2.08. The van der Waals surface area contributed by atoms with Crippen molar-refractivity contribution >= 4 is 23.0 Å². The lowest BCUT2D eigenvalue weighted by Crippen LogP contribution is -2.19. The van der Waals surface area contributed by atoms with Gasteiger partial charge in [0, 0.05) is 29.2 Å². The van der Waals surface area contributed by atoms with Crippen molar-refractivity contribution in [2.45, 2.75) is 19.9 Å². The summed E-state index contributed by atoms with van der Waals surface area (Å²) < 4.78 is 7.36. The summed E-state index contributed by atoms with van der Waals surface area (Å²) in [5, 5.41) is 5.30. The van der Waals surface area contributed by atoms with Crippen LogP contribution in [0.5, 0.6) is 5.75 Å². The maximum absolute atomic E-state index is 12.2. The van der Waals surface area contributed by atoms with Gasteiger partial charge in [0.2, 0.25) is 5.91 Å². The van der Waals surface area contributed by atoms with Gasteiger partial charge in [0.05, 0.1) is 19.7 Å². The van der Waals surface area contributed by atoms with Crippen LogP contribution in [0.3, 0.4) is 0 Å². The lowest BCUT2D eigenvalue weighted by Gasteiger charge is -2.08. The molecule has 0 bridgehead atoms. The van der Waals surface area contributed by atoms with Crippen LogP contribution in [0.15, 0.2) is 84.1 Å². The maximum Gasteiger partial charge on any atom is 0.244 e. The Bertz CT molecular complexity index is 1220. The van der Waals surface area contributed by atoms with Crippen LogP contribution < -0.4 is 10.2 Å².